The van der Waals surface area contributed by atoms with E-state index in [0.29, 0.717) is 24.7 Å². The largest absolute Gasteiger partial charge is 0.466 e. The van der Waals surface area contributed by atoms with Gasteiger partial charge in [0.05, 0.1) is 0 Å². The van der Waals surface area contributed by atoms with Crippen molar-refractivity contribution in [2.45, 2.75) is 51.5 Å². The number of carbonyl (C=O) groups excluding carboxylic acids is 1. The molecule has 1 saturated heterocycles. The first-order chi connectivity index (χ1) is 13.2. The summed E-state index contributed by atoms with van der Waals surface area (Å²) < 4.78 is 5.90. The lowest BCUT2D eigenvalue weighted by Gasteiger charge is -2.32. The first kappa shape index (κ1) is 18.8. The minimum atomic E-state index is 0.142. The highest BCUT2D eigenvalue weighted by atomic mass is 32.1. The first-order valence-corrected chi connectivity index (χ1v) is 11.2. The number of furan rings is 1. The number of aryl methyl sites for hydroxylation is 1. The van der Waals surface area contributed by atoms with Crippen LogP contribution in [0.3, 0.4) is 0 Å². The van der Waals surface area contributed by atoms with Crippen molar-refractivity contribution in [3.63, 3.8) is 0 Å². The van der Waals surface area contributed by atoms with Gasteiger partial charge in [-0.1, -0.05) is 13.0 Å². The molecule has 0 spiro atoms. The van der Waals surface area contributed by atoms with Gasteiger partial charge >= 0.3 is 0 Å². The summed E-state index contributed by atoms with van der Waals surface area (Å²) in [6.07, 6.45) is 4.88. The molecule has 4 nitrogen and oxygen atoms in total. The van der Waals surface area contributed by atoms with Gasteiger partial charge in [0, 0.05) is 43.3 Å². The van der Waals surface area contributed by atoms with Crippen LogP contribution in [-0.4, -0.2) is 30.4 Å². The van der Waals surface area contributed by atoms with E-state index in [1.807, 2.05) is 17.4 Å². The molecule has 146 valence electrons. The van der Waals surface area contributed by atoms with Gasteiger partial charge in [0.1, 0.15) is 11.5 Å². The minimum Gasteiger partial charge on any atom is -0.466 e. The number of hydrogen-bond donors (Lipinski definition) is 1. The molecular weight excluding hydrogens is 356 g/mol. The number of nitrogens with zero attached hydrogens (tertiary/aromatic N) is 1. The van der Waals surface area contributed by atoms with Crippen LogP contribution < -0.4 is 5.32 Å². The van der Waals surface area contributed by atoms with Crippen molar-refractivity contribution in [1.82, 2.24) is 10.2 Å². The molecule has 1 amide bonds. The van der Waals surface area contributed by atoms with Crippen LogP contribution >= 0.6 is 11.3 Å². The number of piperidine rings is 1. The maximum atomic E-state index is 12.2. The summed E-state index contributed by atoms with van der Waals surface area (Å²) in [7, 11) is 0. The van der Waals surface area contributed by atoms with Gasteiger partial charge < -0.3 is 9.73 Å². The lowest BCUT2D eigenvalue weighted by Crippen LogP contribution is -2.40. The predicted molar refractivity (Wildman–Crippen MR) is 109 cm³/mol. The fourth-order valence-corrected chi connectivity index (χ4v) is 4.86. The second-order valence-corrected chi connectivity index (χ2v) is 9.28. The van der Waals surface area contributed by atoms with Crippen LogP contribution in [0.2, 0.25) is 0 Å². The van der Waals surface area contributed by atoms with Crippen LogP contribution in [0.25, 0.3) is 0 Å². The molecule has 0 bridgehead atoms. The highest BCUT2D eigenvalue weighted by molar-refractivity contribution is 7.09. The minimum absolute atomic E-state index is 0.142. The van der Waals surface area contributed by atoms with E-state index in [4.69, 9.17) is 4.42 Å². The Morgan fingerprint density at radius 2 is 2.26 bits per heavy atom. The molecule has 0 unspecified atom stereocenters. The first-order valence-electron chi connectivity index (χ1n) is 10.3. The van der Waals surface area contributed by atoms with Gasteiger partial charge in [-0.25, -0.2) is 0 Å². The van der Waals surface area contributed by atoms with E-state index in [1.165, 1.54) is 30.7 Å². The average molecular weight is 387 g/mol. The summed E-state index contributed by atoms with van der Waals surface area (Å²) in [6, 6.07) is 8.46. The number of rotatable bonds is 8. The maximum absolute atomic E-state index is 12.2. The fraction of sp³-hybridized carbons (Fsp3) is 0.591. The number of thiophene rings is 1. The normalized spacial score (nSPS) is 25.4. The zero-order chi connectivity index (χ0) is 18.6. The average Bonchev–Trinajstić information content (AvgIpc) is 3.07. The summed E-state index contributed by atoms with van der Waals surface area (Å²) in [5.74, 6) is 4.11. The van der Waals surface area contributed by atoms with Crippen LogP contribution in [0.4, 0.5) is 0 Å². The molecule has 2 aliphatic rings. The zero-order valence-corrected chi connectivity index (χ0v) is 17.0. The Morgan fingerprint density at radius 1 is 1.37 bits per heavy atom. The molecule has 3 heterocycles. The third-order valence-electron chi connectivity index (χ3n) is 5.91. The quantitative estimate of drug-likeness (QED) is 0.730. The van der Waals surface area contributed by atoms with Gasteiger partial charge in [-0.3, -0.25) is 9.69 Å². The predicted octanol–water partition coefficient (Wildman–Crippen LogP) is 4.43. The highest BCUT2D eigenvalue weighted by Crippen LogP contribution is 2.47. The SMILES string of the molecule is C[C@@H]1C[C@@H]1c1ccc(CCC(=O)NC[C@@H]2CCCN(Cc3cccs3)C2)o1. The van der Waals surface area contributed by atoms with Crippen LogP contribution in [0.15, 0.2) is 34.1 Å². The monoisotopic (exact) mass is 386 g/mol. The van der Waals surface area contributed by atoms with E-state index in [0.717, 1.165) is 37.1 Å². The summed E-state index contributed by atoms with van der Waals surface area (Å²) in [4.78, 5) is 16.2. The Kier molecular flexibility index (Phi) is 5.98. The van der Waals surface area contributed by atoms with E-state index < -0.39 is 0 Å². The number of likely N-dealkylation sites (tertiary alicyclic amines) is 1. The lowest BCUT2D eigenvalue weighted by atomic mass is 9.98. The lowest BCUT2D eigenvalue weighted by molar-refractivity contribution is -0.121. The highest BCUT2D eigenvalue weighted by Gasteiger charge is 2.36. The molecule has 2 aromatic rings. The molecule has 1 aliphatic heterocycles. The van der Waals surface area contributed by atoms with E-state index in [-0.39, 0.29) is 5.91 Å². The topological polar surface area (TPSA) is 45.5 Å². The molecule has 3 atom stereocenters. The van der Waals surface area contributed by atoms with Crippen LogP contribution in [0.1, 0.15) is 54.9 Å². The van der Waals surface area contributed by atoms with E-state index >= 15 is 0 Å². The maximum Gasteiger partial charge on any atom is 0.220 e. The molecule has 1 saturated carbocycles. The summed E-state index contributed by atoms with van der Waals surface area (Å²) in [5, 5.41) is 5.29. The summed E-state index contributed by atoms with van der Waals surface area (Å²) in [6.45, 7) is 6.35. The van der Waals surface area contributed by atoms with Gasteiger partial charge in [0.25, 0.3) is 0 Å². The molecule has 27 heavy (non-hydrogen) atoms. The van der Waals surface area contributed by atoms with Crippen molar-refractivity contribution >= 4 is 17.2 Å². The fourth-order valence-electron chi connectivity index (χ4n) is 4.11. The van der Waals surface area contributed by atoms with Crippen molar-refractivity contribution in [3.8, 4) is 0 Å². The third-order valence-corrected chi connectivity index (χ3v) is 6.77. The van der Waals surface area contributed by atoms with Crippen LogP contribution in [0.5, 0.6) is 0 Å². The van der Waals surface area contributed by atoms with Crippen molar-refractivity contribution in [3.05, 3.63) is 46.0 Å². The van der Waals surface area contributed by atoms with Gasteiger partial charge in [-0.15, -0.1) is 11.3 Å². The van der Waals surface area contributed by atoms with E-state index in [1.54, 1.807) is 0 Å². The molecule has 0 aromatic carbocycles. The molecule has 2 fully saturated rings. The van der Waals surface area contributed by atoms with Crippen LogP contribution in [-0.2, 0) is 17.8 Å². The second kappa shape index (κ2) is 8.61. The van der Waals surface area contributed by atoms with Crippen LogP contribution in [0, 0.1) is 11.8 Å². The summed E-state index contributed by atoms with van der Waals surface area (Å²) in [5.41, 5.74) is 0. The second-order valence-electron chi connectivity index (χ2n) is 8.25. The molecule has 4 rings (SSSR count). The van der Waals surface area contributed by atoms with Crippen molar-refractivity contribution in [2.75, 3.05) is 19.6 Å². The third kappa shape index (κ3) is 5.23. The van der Waals surface area contributed by atoms with Gasteiger partial charge in [0.2, 0.25) is 5.91 Å². The molecular formula is C22H30N2O2S. The zero-order valence-electron chi connectivity index (χ0n) is 16.2. The molecule has 5 heteroatoms. The number of carbonyl (C=O) groups is 1. The van der Waals surface area contributed by atoms with Crippen molar-refractivity contribution in [1.29, 1.82) is 0 Å². The number of hydrogen-bond acceptors (Lipinski definition) is 4. The number of amides is 1. The number of nitrogens with one attached hydrogen (secondary N) is 1. The Balaban J connectivity index is 1.16. The summed E-state index contributed by atoms with van der Waals surface area (Å²) >= 11 is 1.83. The molecule has 1 aliphatic carbocycles. The van der Waals surface area contributed by atoms with Crippen molar-refractivity contribution in [2.24, 2.45) is 11.8 Å². The Morgan fingerprint density at radius 3 is 3.04 bits per heavy atom. The van der Waals surface area contributed by atoms with Gasteiger partial charge in [-0.05, 0) is 61.2 Å². The Hall–Kier alpha value is -1.59. The smallest absolute Gasteiger partial charge is 0.220 e. The van der Waals surface area contributed by atoms with Gasteiger partial charge in [0.15, 0.2) is 0 Å². The molecule has 2 aromatic heterocycles. The van der Waals surface area contributed by atoms with E-state index in [9.17, 15) is 4.79 Å². The van der Waals surface area contributed by atoms with Gasteiger partial charge in [-0.2, -0.15) is 0 Å². The molecule has 1 N–H and O–H groups in total. The molecule has 0 radical (unpaired) electrons. The standard InChI is InChI=1S/C22H30N2O2S/c1-16-12-20(16)21-8-6-18(26-21)7-9-22(25)23-13-17-4-2-10-24(14-17)15-19-5-3-11-27-19/h3,5-6,8,11,16-17,20H,2,4,7,9-10,12-15H2,1H3,(H,23,25)/t16-,17+,20+/m1/s1. The van der Waals surface area contributed by atoms with Crippen molar-refractivity contribution < 1.29 is 9.21 Å². The Bertz CT molecular complexity index is 739. The van der Waals surface area contributed by atoms with E-state index in [2.05, 4.69) is 40.7 Å². The Labute approximate surface area is 165 Å².